The smallest absolute Gasteiger partial charge is 0.224 e. The molecule has 0 bridgehead atoms. The highest BCUT2D eigenvalue weighted by molar-refractivity contribution is 5.81. The number of aryl methyl sites for hydroxylation is 1. The van der Waals surface area contributed by atoms with Gasteiger partial charge in [0.05, 0.1) is 35.5 Å². The monoisotopic (exact) mass is 318 g/mol. The molecule has 2 aromatic carbocycles. The molecule has 0 saturated heterocycles. The van der Waals surface area contributed by atoms with E-state index in [1.807, 2.05) is 49.4 Å². The molecule has 24 heavy (non-hydrogen) atoms. The Morgan fingerprint density at radius 2 is 2.00 bits per heavy atom. The van der Waals surface area contributed by atoms with E-state index in [0.29, 0.717) is 18.1 Å². The lowest BCUT2D eigenvalue weighted by atomic mass is 10.1. The summed E-state index contributed by atoms with van der Waals surface area (Å²) in [6.07, 6.45) is 0. The van der Waals surface area contributed by atoms with Gasteiger partial charge in [-0.3, -0.25) is 0 Å². The first kappa shape index (κ1) is 15.9. The molecule has 0 spiro atoms. The van der Waals surface area contributed by atoms with Crippen LogP contribution in [0.3, 0.4) is 0 Å². The lowest BCUT2D eigenvalue weighted by Crippen LogP contribution is -2.18. The van der Waals surface area contributed by atoms with E-state index in [9.17, 15) is 0 Å². The zero-order chi connectivity index (χ0) is 16.9. The number of hydrogen-bond acceptors (Lipinski definition) is 5. The highest BCUT2D eigenvalue weighted by Crippen LogP contribution is 2.22. The number of ether oxygens (including phenoxy) is 1. The van der Waals surface area contributed by atoms with Crippen LogP contribution in [0.5, 0.6) is 0 Å². The molecule has 5 heteroatoms. The first-order valence-electron chi connectivity index (χ1n) is 7.70. The van der Waals surface area contributed by atoms with Gasteiger partial charge in [-0.2, -0.15) is 5.26 Å². The van der Waals surface area contributed by atoms with Crippen molar-refractivity contribution in [2.45, 2.75) is 13.0 Å². The van der Waals surface area contributed by atoms with E-state index in [1.165, 1.54) is 0 Å². The Balaban J connectivity index is 1.95. The van der Waals surface area contributed by atoms with Crippen LogP contribution in [-0.2, 0) is 4.74 Å². The van der Waals surface area contributed by atoms with E-state index >= 15 is 0 Å². The summed E-state index contributed by atoms with van der Waals surface area (Å²) in [5.74, 6) is 0.551. The summed E-state index contributed by atoms with van der Waals surface area (Å²) in [5, 5.41) is 13.5. The predicted molar refractivity (Wildman–Crippen MR) is 93.7 cm³/mol. The average Bonchev–Trinajstić information content (AvgIpc) is 2.61. The molecule has 0 amide bonds. The van der Waals surface area contributed by atoms with Crippen molar-refractivity contribution >= 4 is 16.9 Å². The van der Waals surface area contributed by atoms with Crippen molar-refractivity contribution in [1.29, 1.82) is 5.26 Å². The number of nitriles is 1. The minimum absolute atomic E-state index is 0.135. The van der Waals surface area contributed by atoms with Crippen molar-refractivity contribution in [2.24, 2.45) is 0 Å². The standard InChI is InChI=1S/C19H18N4O/c1-13-16-8-3-4-9-17(16)22-19(21-13)23-18(12-24-2)15-7-5-6-14(10-15)11-20/h3-10,18H,12H2,1-2H3,(H,21,22,23). The van der Waals surface area contributed by atoms with Gasteiger partial charge in [0.1, 0.15) is 0 Å². The second kappa shape index (κ2) is 7.07. The topological polar surface area (TPSA) is 70.8 Å². The maximum absolute atomic E-state index is 9.09. The normalized spacial score (nSPS) is 11.9. The first-order chi connectivity index (χ1) is 11.7. The number of benzene rings is 2. The van der Waals surface area contributed by atoms with Gasteiger partial charge in [0, 0.05) is 12.5 Å². The van der Waals surface area contributed by atoms with Gasteiger partial charge >= 0.3 is 0 Å². The highest BCUT2D eigenvalue weighted by atomic mass is 16.5. The number of nitrogens with one attached hydrogen (secondary N) is 1. The molecule has 1 aromatic heterocycles. The Hall–Kier alpha value is -2.97. The molecule has 120 valence electrons. The number of hydrogen-bond donors (Lipinski definition) is 1. The fraction of sp³-hybridized carbons (Fsp3) is 0.211. The zero-order valence-electron chi connectivity index (χ0n) is 13.7. The largest absolute Gasteiger partial charge is 0.382 e. The highest BCUT2D eigenvalue weighted by Gasteiger charge is 2.14. The Labute approximate surface area is 140 Å². The minimum Gasteiger partial charge on any atom is -0.382 e. The van der Waals surface area contributed by atoms with Gasteiger partial charge in [-0.1, -0.05) is 30.3 Å². The number of para-hydroxylation sites is 1. The van der Waals surface area contributed by atoms with Crippen LogP contribution in [0.2, 0.25) is 0 Å². The summed E-state index contributed by atoms with van der Waals surface area (Å²) in [7, 11) is 1.65. The lowest BCUT2D eigenvalue weighted by Gasteiger charge is -2.19. The average molecular weight is 318 g/mol. The van der Waals surface area contributed by atoms with Crippen molar-refractivity contribution in [3.8, 4) is 6.07 Å². The molecule has 0 aliphatic rings. The molecule has 5 nitrogen and oxygen atoms in total. The molecule has 0 aliphatic carbocycles. The molecule has 0 fully saturated rings. The predicted octanol–water partition coefficient (Wildman–Crippen LogP) is 3.61. The summed E-state index contributed by atoms with van der Waals surface area (Å²) < 4.78 is 5.32. The van der Waals surface area contributed by atoms with Crippen LogP contribution in [0.15, 0.2) is 48.5 Å². The van der Waals surface area contributed by atoms with Gasteiger partial charge in [0.2, 0.25) is 5.95 Å². The third kappa shape index (κ3) is 3.34. The van der Waals surface area contributed by atoms with Crippen molar-refractivity contribution in [3.63, 3.8) is 0 Å². The molecule has 0 radical (unpaired) electrons. The van der Waals surface area contributed by atoms with Gasteiger partial charge in [0.25, 0.3) is 0 Å². The number of methoxy groups -OCH3 is 1. The number of nitrogens with zero attached hydrogens (tertiary/aromatic N) is 3. The van der Waals surface area contributed by atoms with E-state index < -0.39 is 0 Å². The van der Waals surface area contributed by atoms with Crippen LogP contribution in [0.1, 0.15) is 22.9 Å². The fourth-order valence-corrected chi connectivity index (χ4v) is 2.67. The third-order valence-electron chi connectivity index (χ3n) is 3.85. The molecule has 1 unspecified atom stereocenters. The number of aromatic nitrogens is 2. The van der Waals surface area contributed by atoms with Crippen LogP contribution in [0, 0.1) is 18.3 Å². The first-order valence-corrected chi connectivity index (χ1v) is 7.70. The van der Waals surface area contributed by atoms with Crippen LogP contribution < -0.4 is 5.32 Å². The van der Waals surface area contributed by atoms with Crippen LogP contribution in [0.4, 0.5) is 5.95 Å². The molecular weight excluding hydrogens is 300 g/mol. The Kier molecular flexibility index (Phi) is 4.69. The number of anilines is 1. The third-order valence-corrected chi connectivity index (χ3v) is 3.85. The zero-order valence-corrected chi connectivity index (χ0v) is 13.7. The van der Waals surface area contributed by atoms with E-state index in [-0.39, 0.29) is 6.04 Å². The van der Waals surface area contributed by atoms with E-state index in [1.54, 1.807) is 13.2 Å². The fourth-order valence-electron chi connectivity index (χ4n) is 2.67. The Morgan fingerprint density at radius 3 is 2.79 bits per heavy atom. The molecule has 1 heterocycles. The van der Waals surface area contributed by atoms with E-state index in [4.69, 9.17) is 10.00 Å². The molecular formula is C19H18N4O. The van der Waals surface area contributed by atoms with Gasteiger partial charge in [-0.05, 0) is 30.7 Å². The molecule has 3 aromatic rings. The minimum atomic E-state index is -0.135. The summed E-state index contributed by atoms with van der Waals surface area (Å²) in [5.41, 5.74) is 3.40. The Bertz CT molecular complexity index is 901. The number of rotatable bonds is 5. The van der Waals surface area contributed by atoms with E-state index in [2.05, 4.69) is 21.4 Å². The summed E-state index contributed by atoms with van der Waals surface area (Å²) in [6.45, 7) is 2.42. The van der Waals surface area contributed by atoms with Crippen LogP contribution in [-0.4, -0.2) is 23.7 Å². The van der Waals surface area contributed by atoms with E-state index in [0.717, 1.165) is 22.2 Å². The Morgan fingerprint density at radius 1 is 1.17 bits per heavy atom. The molecule has 1 N–H and O–H groups in total. The van der Waals surface area contributed by atoms with Crippen LogP contribution in [0.25, 0.3) is 10.9 Å². The SMILES string of the molecule is COCC(Nc1nc(C)c2ccccc2n1)c1cccc(C#N)c1. The van der Waals surface area contributed by atoms with Gasteiger partial charge in [-0.25, -0.2) is 9.97 Å². The summed E-state index contributed by atoms with van der Waals surface area (Å²) in [4.78, 5) is 9.13. The maximum Gasteiger partial charge on any atom is 0.224 e. The lowest BCUT2D eigenvalue weighted by molar-refractivity contribution is 0.186. The molecule has 3 rings (SSSR count). The second-order valence-corrected chi connectivity index (χ2v) is 5.54. The molecule has 1 atom stereocenters. The summed E-state index contributed by atoms with van der Waals surface area (Å²) in [6, 6.07) is 17.4. The van der Waals surface area contributed by atoms with Gasteiger partial charge < -0.3 is 10.1 Å². The molecule has 0 aliphatic heterocycles. The maximum atomic E-state index is 9.09. The van der Waals surface area contributed by atoms with Crippen LogP contribution >= 0.6 is 0 Å². The summed E-state index contributed by atoms with van der Waals surface area (Å²) >= 11 is 0. The quantitative estimate of drug-likeness (QED) is 0.778. The van der Waals surface area contributed by atoms with Crippen molar-refractivity contribution in [2.75, 3.05) is 19.0 Å². The van der Waals surface area contributed by atoms with Crippen molar-refractivity contribution in [1.82, 2.24) is 9.97 Å². The molecule has 0 saturated carbocycles. The van der Waals surface area contributed by atoms with Crippen molar-refractivity contribution in [3.05, 3.63) is 65.4 Å². The van der Waals surface area contributed by atoms with Gasteiger partial charge in [-0.15, -0.1) is 0 Å². The van der Waals surface area contributed by atoms with Crippen molar-refractivity contribution < 1.29 is 4.74 Å². The number of fused-ring (bicyclic) bond motifs is 1. The second-order valence-electron chi connectivity index (χ2n) is 5.54. The van der Waals surface area contributed by atoms with Gasteiger partial charge in [0.15, 0.2) is 0 Å².